The van der Waals surface area contributed by atoms with E-state index in [1.165, 1.54) is 12.1 Å². The van der Waals surface area contributed by atoms with Crippen molar-refractivity contribution in [3.63, 3.8) is 0 Å². The van der Waals surface area contributed by atoms with Crippen LogP contribution in [0.2, 0.25) is 5.02 Å². The van der Waals surface area contributed by atoms with Crippen molar-refractivity contribution in [1.29, 1.82) is 0 Å². The average Bonchev–Trinajstić information content (AvgIpc) is 2.98. The number of hydrogen-bond donors (Lipinski definition) is 1. The van der Waals surface area contributed by atoms with Crippen molar-refractivity contribution in [3.8, 4) is 11.3 Å². The van der Waals surface area contributed by atoms with Crippen molar-refractivity contribution in [2.45, 2.75) is 0 Å². The zero-order valence-corrected chi connectivity index (χ0v) is 13.1. The van der Waals surface area contributed by atoms with Crippen LogP contribution in [0.5, 0.6) is 0 Å². The zero-order valence-electron chi connectivity index (χ0n) is 12.3. The van der Waals surface area contributed by atoms with E-state index >= 15 is 0 Å². The fourth-order valence-corrected chi connectivity index (χ4v) is 2.99. The van der Waals surface area contributed by atoms with Gasteiger partial charge >= 0.3 is 0 Å². The van der Waals surface area contributed by atoms with Crippen molar-refractivity contribution in [1.82, 2.24) is 19.9 Å². The number of anilines is 1. The van der Waals surface area contributed by atoms with Crippen LogP contribution >= 0.6 is 11.6 Å². The molecule has 0 aromatic carbocycles. The molecule has 0 amide bonds. The van der Waals surface area contributed by atoms with Crippen molar-refractivity contribution < 1.29 is 4.39 Å². The number of aromatic nitrogens is 3. The van der Waals surface area contributed by atoms with Gasteiger partial charge in [-0.05, 0) is 12.1 Å². The molecule has 5 nitrogen and oxygen atoms in total. The summed E-state index contributed by atoms with van der Waals surface area (Å²) in [5.74, 6) is 0.354. The SMILES string of the molecule is Fc1cc(-c2cnn3ccc(Cl)cc23)nc(N2CCNCC2)c1. The smallest absolute Gasteiger partial charge is 0.132 e. The highest BCUT2D eigenvalue weighted by Crippen LogP contribution is 2.27. The van der Waals surface area contributed by atoms with Crippen LogP contribution in [0.25, 0.3) is 16.8 Å². The van der Waals surface area contributed by atoms with Crippen molar-refractivity contribution in [3.05, 3.63) is 47.5 Å². The number of nitrogens with one attached hydrogen (secondary N) is 1. The van der Waals surface area contributed by atoms with Crippen LogP contribution in [-0.4, -0.2) is 40.8 Å². The highest BCUT2D eigenvalue weighted by molar-refractivity contribution is 6.31. The molecule has 118 valence electrons. The van der Waals surface area contributed by atoms with Crippen LogP contribution in [0.1, 0.15) is 0 Å². The Morgan fingerprint density at radius 2 is 2.00 bits per heavy atom. The molecule has 1 N–H and O–H groups in total. The van der Waals surface area contributed by atoms with E-state index in [0.717, 1.165) is 37.3 Å². The van der Waals surface area contributed by atoms with E-state index in [1.54, 1.807) is 29.0 Å². The van der Waals surface area contributed by atoms with Crippen LogP contribution < -0.4 is 10.2 Å². The minimum Gasteiger partial charge on any atom is -0.354 e. The number of halogens is 2. The van der Waals surface area contributed by atoms with Gasteiger partial charge in [0, 0.05) is 55.1 Å². The summed E-state index contributed by atoms with van der Waals surface area (Å²) in [4.78, 5) is 6.73. The Labute approximate surface area is 137 Å². The molecule has 0 unspecified atom stereocenters. The molecule has 0 bridgehead atoms. The Balaban J connectivity index is 1.81. The van der Waals surface area contributed by atoms with Crippen molar-refractivity contribution in [2.75, 3.05) is 31.1 Å². The summed E-state index contributed by atoms with van der Waals surface area (Å²) in [7, 11) is 0. The summed E-state index contributed by atoms with van der Waals surface area (Å²) in [6.07, 6.45) is 3.46. The second-order valence-electron chi connectivity index (χ2n) is 5.50. The summed E-state index contributed by atoms with van der Waals surface area (Å²) in [6, 6.07) is 6.48. The van der Waals surface area contributed by atoms with Crippen LogP contribution in [-0.2, 0) is 0 Å². The fourth-order valence-electron chi connectivity index (χ4n) is 2.83. The first-order chi connectivity index (χ1) is 11.2. The normalized spacial score (nSPS) is 15.3. The van der Waals surface area contributed by atoms with Gasteiger partial charge in [0.15, 0.2) is 0 Å². The lowest BCUT2D eigenvalue weighted by atomic mass is 10.1. The minimum atomic E-state index is -0.301. The molecule has 1 saturated heterocycles. The van der Waals surface area contributed by atoms with Crippen molar-refractivity contribution >= 4 is 22.9 Å². The second-order valence-corrected chi connectivity index (χ2v) is 5.94. The molecule has 1 aliphatic heterocycles. The summed E-state index contributed by atoms with van der Waals surface area (Å²) in [5, 5.41) is 8.17. The van der Waals surface area contributed by atoms with E-state index in [2.05, 4.69) is 20.3 Å². The number of nitrogens with zero attached hydrogens (tertiary/aromatic N) is 4. The maximum absolute atomic E-state index is 14.1. The third kappa shape index (κ3) is 2.75. The highest BCUT2D eigenvalue weighted by Gasteiger charge is 2.16. The van der Waals surface area contributed by atoms with Crippen molar-refractivity contribution in [2.24, 2.45) is 0 Å². The van der Waals surface area contributed by atoms with Gasteiger partial charge in [-0.2, -0.15) is 5.10 Å². The monoisotopic (exact) mass is 331 g/mol. The molecule has 7 heteroatoms. The zero-order chi connectivity index (χ0) is 15.8. The van der Waals surface area contributed by atoms with Gasteiger partial charge in [0.05, 0.1) is 17.4 Å². The van der Waals surface area contributed by atoms with Gasteiger partial charge < -0.3 is 10.2 Å². The lowest BCUT2D eigenvalue weighted by Gasteiger charge is -2.28. The Kier molecular flexibility index (Phi) is 3.63. The van der Waals surface area contributed by atoms with E-state index in [-0.39, 0.29) is 5.82 Å². The van der Waals surface area contributed by atoms with Crippen LogP contribution in [0.3, 0.4) is 0 Å². The van der Waals surface area contributed by atoms with Gasteiger partial charge in [-0.3, -0.25) is 0 Å². The third-order valence-electron chi connectivity index (χ3n) is 3.98. The van der Waals surface area contributed by atoms with Crippen LogP contribution in [0, 0.1) is 5.82 Å². The number of pyridine rings is 2. The van der Waals surface area contributed by atoms with Crippen LogP contribution in [0.15, 0.2) is 36.7 Å². The van der Waals surface area contributed by atoms with Gasteiger partial charge in [-0.1, -0.05) is 11.6 Å². The average molecular weight is 332 g/mol. The van der Waals surface area contributed by atoms with Gasteiger partial charge in [-0.25, -0.2) is 13.9 Å². The quantitative estimate of drug-likeness (QED) is 0.784. The molecule has 1 aliphatic rings. The Morgan fingerprint density at radius 3 is 2.83 bits per heavy atom. The lowest BCUT2D eigenvalue weighted by molar-refractivity contribution is 0.579. The molecular weight excluding hydrogens is 317 g/mol. The predicted octanol–water partition coefficient (Wildman–Crippen LogP) is 2.60. The first-order valence-corrected chi connectivity index (χ1v) is 7.85. The molecule has 0 saturated carbocycles. The van der Waals surface area contributed by atoms with Gasteiger partial charge in [0.25, 0.3) is 0 Å². The number of hydrogen-bond acceptors (Lipinski definition) is 4. The van der Waals surface area contributed by atoms with Gasteiger partial charge in [-0.15, -0.1) is 0 Å². The number of piperazine rings is 1. The van der Waals surface area contributed by atoms with E-state index in [1.807, 2.05) is 0 Å². The standard InChI is InChI=1S/C16H15ClFN5/c17-11-1-4-23-15(7-11)13(10-20-23)14-8-12(18)9-16(21-14)22-5-2-19-3-6-22/h1,4,7-10,19H,2-3,5-6H2. The Hall–Kier alpha value is -2.18. The van der Waals surface area contributed by atoms with Gasteiger partial charge in [0.2, 0.25) is 0 Å². The Bertz CT molecular complexity index is 857. The Morgan fingerprint density at radius 1 is 1.17 bits per heavy atom. The number of fused-ring (bicyclic) bond motifs is 1. The molecule has 4 heterocycles. The van der Waals surface area contributed by atoms with Crippen LogP contribution in [0.4, 0.5) is 10.2 Å². The van der Waals surface area contributed by atoms with E-state index in [4.69, 9.17) is 11.6 Å². The molecule has 3 aromatic rings. The second kappa shape index (κ2) is 5.79. The third-order valence-corrected chi connectivity index (χ3v) is 4.21. The first-order valence-electron chi connectivity index (χ1n) is 7.47. The summed E-state index contributed by atoms with van der Waals surface area (Å²) in [6.45, 7) is 3.38. The molecule has 1 fully saturated rings. The molecular formula is C16H15ClFN5. The summed E-state index contributed by atoms with van der Waals surface area (Å²) >= 11 is 6.07. The minimum absolute atomic E-state index is 0.301. The number of rotatable bonds is 2. The molecule has 4 rings (SSSR count). The lowest BCUT2D eigenvalue weighted by Crippen LogP contribution is -2.43. The molecule has 23 heavy (non-hydrogen) atoms. The topological polar surface area (TPSA) is 45.5 Å². The molecule has 0 radical (unpaired) electrons. The highest BCUT2D eigenvalue weighted by atomic mass is 35.5. The largest absolute Gasteiger partial charge is 0.354 e. The fraction of sp³-hybridized carbons (Fsp3) is 0.250. The van der Waals surface area contributed by atoms with E-state index < -0.39 is 0 Å². The maximum atomic E-state index is 14.1. The predicted molar refractivity (Wildman–Crippen MR) is 88.5 cm³/mol. The summed E-state index contributed by atoms with van der Waals surface area (Å²) in [5.41, 5.74) is 2.14. The summed E-state index contributed by atoms with van der Waals surface area (Å²) < 4.78 is 15.8. The van der Waals surface area contributed by atoms with E-state index in [9.17, 15) is 4.39 Å². The maximum Gasteiger partial charge on any atom is 0.132 e. The first kappa shape index (κ1) is 14.4. The molecule has 0 spiro atoms. The molecule has 3 aromatic heterocycles. The van der Waals surface area contributed by atoms with E-state index in [0.29, 0.717) is 16.5 Å². The molecule has 0 atom stereocenters. The van der Waals surface area contributed by atoms with Gasteiger partial charge in [0.1, 0.15) is 11.6 Å². The molecule has 0 aliphatic carbocycles.